The lowest BCUT2D eigenvalue weighted by molar-refractivity contribution is -0.389. The van der Waals surface area contributed by atoms with E-state index in [2.05, 4.69) is 9.97 Å². The summed E-state index contributed by atoms with van der Waals surface area (Å²) in [5.41, 5.74) is 1.32. The van der Waals surface area contributed by atoms with E-state index in [0.29, 0.717) is 11.5 Å². The summed E-state index contributed by atoms with van der Waals surface area (Å²) in [5, 5.41) is 10.7. The number of hydrogen-bond acceptors (Lipinski definition) is 3. The van der Waals surface area contributed by atoms with Crippen LogP contribution in [0.15, 0.2) is 30.3 Å². The van der Waals surface area contributed by atoms with Crippen molar-refractivity contribution in [2.24, 2.45) is 0 Å². The van der Waals surface area contributed by atoms with Crippen molar-refractivity contribution >= 4 is 18.0 Å². The number of benzene rings is 1. The van der Waals surface area contributed by atoms with Gasteiger partial charge >= 0.3 is 5.82 Å². The smallest absolute Gasteiger partial charge is 0.348 e. The van der Waals surface area contributed by atoms with E-state index in [4.69, 9.17) is 0 Å². The highest BCUT2D eigenvalue weighted by Gasteiger charge is 2.14. The topological polar surface area (TPSA) is 71.8 Å². The second-order valence-electron chi connectivity index (χ2n) is 3.56. The first-order valence-corrected chi connectivity index (χ1v) is 5.11. The number of nitro groups is 1. The van der Waals surface area contributed by atoms with E-state index in [1.54, 1.807) is 19.1 Å². The van der Waals surface area contributed by atoms with Crippen LogP contribution in [0.5, 0.6) is 0 Å². The van der Waals surface area contributed by atoms with Crippen molar-refractivity contribution < 1.29 is 4.92 Å². The van der Waals surface area contributed by atoms with E-state index < -0.39 is 4.92 Å². The molecule has 1 aromatic carbocycles. The maximum absolute atomic E-state index is 10.7. The molecule has 0 unspecified atom stereocenters. The molecule has 5 nitrogen and oxygen atoms in total. The molecule has 0 radical (unpaired) electrons. The van der Waals surface area contributed by atoms with Crippen LogP contribution in [-0.2, 0) is 0 Å². The number of H-pyrrole nitrogens is 1. The number of nitrogens with zero attached hydrogens (tertiary/aromatic N) is 2. The van der Waals surface area contributed by atoms with Gasteiger partial charge < -0.3 is 10.1 Å². The van der Waals surface area contributed by atoms with Gasteiger partial charge in [0, 0.05) is 6.92 Å². The predicted octanol–water partition coefficient (Wildman–Crippen LogP) is 2.80. The van der Waals surface area contributed by atoms with E-state index in [9.17, 15) is 10.1 Å². The monoisotopic (exact) mass is 229 g/mol. The molecule has 0 amide bonds. The van der Waals surface area contributed by atoms with E-state index >= 15 is 0 Å². The minimum Gasteiger partial charge on any atom is -0.358 e. The molecule has 86 valence electrons. The van der Waals surface area contributed by atoms with E-state index in [-0.39, 0.29) is 5.82 Å². The summed E-state index contributed by atoms with van der Waals surface area (Å²) in [7, 11) is 0. The first-order valence-electron chi connectivity index (χ1n) is 5.11. The third-order valence-electron chi connectivity index (χ3n) is 2.25. The molecule has 2 rings (SSSR count). The normalized spacial score (nSPS) is 10.9. The number of rotatable bonds is 3. The van der Waals surface area contributed by atoms with Gasteiger partial charge in [-0.3, -0.25) is 0 Å². The Morgan fingerprint density at radius 1 is 1.29 bits per heavy atom. The van der Waals surface area contributed by atoms with Crippen LogP contribution in [0.3, 0.4) is 0 Å². The molecular formula is C12H11N3O2. The summed E-state index contributed by atoms with van der Waals surface area (Å²) in [6, 6.07) is 9.57. The highest BCUT2D eigenvalue weighted by Crippen LogP contribution is 2.17. The first kappa shape index (κ1) is 11.1. The van der Waals surface area contributed by atoms with Crippen molar-refractivity contribution in [3.05, 3.63) is 57.5 Å². The van der Waals surface area contributed by atoms with Gasteiger partial charge in [-0.2, -0.15) is 0 Å². The van der Waals surface area contributed by atoms with Crippen LogP contribution < -0.4 is 0 Å². The lowest BCUT2D eigenvalue weighted by Crippen LogP contribution is -1.90. The summed E-state index contributed by atoms with van der Waals surface area (Å²) in [5.74, 6) is 0.457. The Bertz CT molecular complexity index is 558. The zero-order valence-corrected chi connectivity index (χ0v) is 9.25. The number of aryl methyl sites for hydroxylation is 1. The van der Waals surface area contributed by atoms with Gasteiger partial charge in [0.2, 0.25) is 0 Å². The molecule has 2 aromatic rings. The van der Waals surface area contributed by atoms with Crippen molar-refractivity contribution in [1.29, 1.82) is 0 Å². The number of hydrogen-bond donors (Lipinski definition) is 1. The minimum atomic E-state index is -0.468. The molecule has 0 bridgehead atoms. The van der Waals surface area contributed by atoms with Crippen molar-refractivity contribution in [1.82, 2.24) is 9.97 Å². The standard InChI is InChI=1S/C12H11N3O2/c1-9-13-11(12(14-9)15(16)17)8-7-10-5-3-2-4-6-10/h2-8H,1H3,(H,13,14)/b8-7+. The van der Waals surface area contributed by atoms with E-state index in [1.807, 2.05) is 30.3 Å². The first-order chi connectivity index (χ1) is 8.16. The van der Waals surface area contributed by atoms with Crippen LogP contribution in [0, 0.1) is 17.0 Å². The van der Waals surface area contributed by atoms with Crippen molar-refractivity contribution in [3.8, 4) is 0 Å². The Balaban J connectivity index is 2.30. The van der Waals surface area contributed by atoms with Crippen LogP contribution in [0.1, 0.15) is 17.1 Å². The summed E-state index contributed by atoms with van der Waals surface area (Å²) < 4.78 is 0. The van der Waals surface area contributed by atoms with Crippen molar-refractivity contribution in [3.63, 3.8) is 0 Å². The van der Waals surface area contributed by atoms with Gasteiger partial charge in [0.15, 0.2) is 11.5 Å². The maximum atomic E-state index is 10.7. The molecule has 0 atom stereocenters. The third-order valence-corrected chi connectivity index (χ3v) is 2.25. The summed E-state index contributed by atoms with van der Waals surface area (Å²) in [4.78, 5) is 17.0. The van der Waals surface area contributed by atoms with Gasteiger partial charge in [0.1, 0.15) is 0 Å². The summed E-state index contributed by atoms with van der Waals surface area (Å²) in [6.07, 6.45) is 3.43. The molecule has 0 aliphatic heterocycles. The maximum Gasteiger partial charge on any atom is 0.348 e. The van der Waals surface area contributed by atoms with Crippen molar-refractivity contribution in [2.45, 2.75) is 6.92 Å². The lowest BCUT2D eigenvalue weighted by atomic mass is 10.2. The molecule has 0 saturated carbocycles. The van der Waals surface area contributed by atoms with E-state index in [1.165, 1.54) is 0 Å². The molecule has 0 fully saturated rings. The van der Waals surface area contributed by atoms with Crippen LogP contribution in [0.25, 0.3) is 12.2 Å². The Labute approximate surface area is 98.0 Å². The second kappa shape index (κ2) is 4.61. The zero-order chi connectivity index (χ0) is 12.3. The van der Waals surface area contributed by atoms with Gasteiger partial charge in [-0.15, -0.1) is 0 Å². The molecule has 0 aliphatic carbocycles. The highest BCUT2D eigenvalue weighted by molar-refractivity contribution is 5.71. The van der Waals surface area contributed by atoms with Gasteiger partial charge in [-0.25, -0.2) is 9.97 Å². The largest absolute Gasteiger partial charge is 0.358 e. The SMILES string of the molecule is Cc1nc(/C=C/c2ccccc2)c([N+](=O)[O-])[nH]1. The number of aromatic amines is 1. The molecule has 17 heavy (non-hydrogen) atoms. The number of nitrogens with one attached hydrogen (secondary N) is 1. The third kappa shape index (κ3) is 2.57. The van der Waals surface area contributed by atoms with Gasteiger partial charge in [-0.1, -0.05) is 36.4 Å². The van der Waals surface area contributed by atoms with Gasteiger partial charge in [0.05, 0.1) is 0 Å². The van der Waals surface area contributed by atoms with Gasteiger partial charge in [-0.05, 0) is 16.6 Å². The second-order valence-corrected chi connectivity index (χ2v) is 3.56. The molecular weight excluding hydrogens is 218 g/mol. The average Bonchev–Trinajstić information content (AvgIpc) is 2.69. The Kier molecular flexibility index (Phi) is 3.00. The molecule has 1 heterocycles. The molecule has 0 saturated heterocycles. The average molecular weight is 229 g/mol. The number of aromatic nitrogens is 2. The van der Waals surface area contributed by atoms with Gasteiger partial charge in [0.25, 0.3) is 0 Å². The quantitative estimate of drug-likeness (QED) is 0.649. The lowest BCUT2D eigenvalue weighted by Gasteiger charge is -1.92. The Morgan fingerprint density at radius 2 is 2.00 bits per heavy atom. The Morgan fingerprint density at radius 3 is 2.65 bits per heavy atom. The zero-order valence-electron chi connectivity index (χ0n) is 9.25. The summed E-state index contributed by atoms with van der Waals surface area (Å²) >= 11 is 0. The van der Waals surface area contributed by atoms with Crippen LogP contribution in [-0.4, -0.2) is 14.9 Å². The Hall–Kier alpha value is -2.43. The molecule has 5 heteroatoms. The molecule has 1 aromatic heterocycles. The molecule has 1 N–H and O–H groups in total. The fourth-order valence-electron chi connectivity index (χ4n) is 1.49. The van der Waals surface area contributed by atoms with Crippen molar-refractivity contribution in [2.75, 3.05) is 0 Å². The van der Waals surface area contributed by atoms with Crippen LogP contribution in [0.4, 0.5) is 5.82 Å². The summed E-state index contributed by atoms with van der Waals surface area (Å²) in [6.45, 7) is 1.69. The van der Waals surface area contributed by atoms with Crippen LogP contribution >= 0.6 is 0 Å². The number of imidazole rings is 1. The van der Waals surface area contributed by atoms with E-state index in [0.717, 1.165) is 5.56 Å². The highest BCUT2D eigenvalue weighted by atomic mass is 16.6. The molecule has 0 aliphatic rings. The minimum absolute atomic E-state index is 0.0744. The fraction of sp³-hybridized carbons (Fsp3) is 0.0833. The fourth-order valence-corrected chi connectivity index (χ4v) is 1.49. The molecule has 0 spiro atoms. The van der Waals surface area contributed by atoms with Crippen LogP contribution in [0.2, 0.25) is 0 Å². The predicted molar refractivity (Wildman–Crippen MR) is 65.3 cm³/mol.